The van der Waals surface area contributed by atoms with E-state index in [-0.39, 0.29) is 5.56 Å². The molecule has 0 unspecified atom stereocenters. The fraction of sp³-hybridized carbons (Fsp3) is 0.200. The lowest BCUT2D eigenvalue weighted by molar-refractivity contribution is 0.340. The predicted molar refractivity (Wildman–Crippen MR) is 129 cm³/mol. The van der Waals surface area contributed by atoms with Crippen LogP contribution in [0.15, 0.2) is 70.1 Å². The van der Waals surface area contributed by atoms with E-state index in [1.165, 1.54) is 0 Å². The van der Waals surface area contributed by atoms with Gasteiger partial charge in [-0.25, -0.2) is 4.98 Å². The molecule has 0 aliphatic heterocycles. The standard InChI is InChI=1S/C25H23BrN2O4/c1-4-32-23-21-20(17-8-6-5-7-9-17)19(31-3)14-27-24(21)28(25(29)22(23)26)15-16-10-12-18(30-2)13-11-16/h5-14H,4,15H2,1-3H3. The molecule has 0 atom stereocenters. The predicted octanol–water partition coefficient (Wildman–Crippen LogP) is 5.29. The first-order valence-electron chi connectivity index (χ1n) is 10.2. The number of rotatable bonds is 7. The minimum atomic E-state index is -0.214. The number of hydrogen-bond acceptors (Lipinski definition) is 5. The molecule has 4 rings (SSSR count). The number of pyridine rings is 2. The van der Waals surface area contributed by atoms with E-state index < -0.39 is 0 Å². The van der Waals surface area contributed by atoms with Crippen molar-refractivity contribution in [1.82, 2.24) is 9.55 Å². The average Bonchev–Trinajstić information content (AvgIpc) is 2.84. The van der Waals surface area contributed by atoms with Gasteiger partial charge >= 0.3 is 0 Å². The van der Waals surface area contributed by atoms with Crippen molar-refractivity contribution >= 4 is 27.0 Å². The quantitative estimate of drug-likeness (QED) is 0.349. The first-order chi connectivity index (χ1) is 15.6. The van der Waals surface area contributed by atoms with Gasteiger partial charge in [0.25, 0.3) is 5.56 Å². The number of hydrogen-bond donors (Lipinski definition) is 0. The van der Waals surface area contributed by atoms with E-state index in [4.69, 9.17) is 14.2 Å². The van der Waals surface area contributed by atoms with Crippen LogP contribution in [0.5, 0.6) is 17.2 Å². The number of methoxy groups -OCH3 is 2. The molecule has 0 aliphatic carbocycles. The van der Waals surface area contributed by atoms with E-state index in [2.05, 4.69) is 20.9 Å². The third-order valence-electron chi connectivity index (χ3n) is 5.21. The molecule has 2 heterocycles. The van der Waals surface area contributed by atoms with Crippen LogP contribution in [-0.4, -0.2) is 30.4 Å². The Morgan fingerprint density at radius 1 is 1.00 bits per heavy atom. The third-order valence-corrected chi connectivity index (χ3v) is 5.91. The minimum Gasteiger partial charge on any atom is -0.497 e. The van der Waals surface area contributed by atoms with Gasteiger partial charge in [0.2, 0.25) is 0 Å². The molecule has 4 aromatic rings. The maximum atomic E-state index is 13.3. The molecule has 0 radical (unpaired) electrons. The maximum Gasteiger partial charge on any atom is 0.270 e. The summed E-state index contributed by atoms with van der Waals surface area (Å²) in [4.78, 5) is 18.0. The van der Waals surface area contributed by atoms with Crippen molar-refractivity contribution in [3.63, 3.8) is 0 Å². The second kappa shape index (κ2) is 9.44. The number of fused-ring (bicyclic) bond motifs is 1. The maximum absolute atomic E-state index is 13.3. The van der Waals surface area contributed by atoms with E-state index in [0.29, 0.717) is 34.8 Å². The Kier molecular flexibility index (Phi) is 6.46. The fourth-order valence-electron chi connectivity index (χ4n) is 3.71. The van der Waals surface area contributed by atoms with Crippen LogP contribution in [0.2, 0.25) is 0 Å². The molecule has 6 nitrogen and oxygen atoms in total. The van der Waals surface area contributed by atoms with Crippen LogP contribution in [0, 0.1) is 0 Å². The average molecular weight is 495 g/mol. The number of nitrogens with zero attached hydrogens (tertiary/aromatic N) is 2. The summed E-state index contributed by atoms with van der Waals surface area (Å²) >= 11 is 3.50. The number of halogens is 1. The van der Waals surface area contributed by atoms with Crippen molar-refractivity contribution in [2.75, 3.05) is 20.8 Å². The number of aromatic nitrogens is 2. The summed E-state index contributed by atoms with van der Waals surface area (Å²) < 4.78 is 18.9. The third kappa shape index (κ3) is 3.96. The topological polar surface area (TPSA) is 62.6 Å². The summed E-state index contributed by atoms with van der Waals surface area (Å²) in [6, 6.07) is 17.5. The van der Waals surface area contributed by atoms with Gasteiger partial charge in [0.1, 0.15) is 21.6 Å². The van der Waals surface area contributed by atoms with Crippen LogP contribution < -0.4 is 19.8 Å². The lowest BCUT2D eigenvalue weighted by Crippen LogP contribution is -2.24. The monoisotopic (exact) mass is 494 g/mol. The van der Waals surface area contributed by atoms with Crippen molar-refractivity contribution in [3.05, 3.63) is 81.2 Å². The van der Waals surface area contributed by atoms with Crippen molar-refractivity contribution < 1.29 is 14.2 Å². The summed E-state index contributed by atoms with van der Waals surface area (Å²) in [5, 5.41) is 0.720. The van der Waals surface area contributed by atoms with Gasteiger partial charge in [0.15, 0.2) is 5.75 Å². The molecular formula is C25H23BrN2O4. The molecule has 32 heavy (non-hydrogen) atoms. The Balaban J connectivity index is 2.04. The summed E-state index contributed by atoms with van der Waals surface area (Å²) in [7, 11) is 3.23. The zero-order chi connectivity index (χ0) is 22.7. The van der Waals surface area contributed by atoms with E-state index in [9.17, 15) is 4.79 Å². The lowest BCUT2D eigenvalue weighted by atomic mass is 10.0. The summed E-state index contributed by atoms with van der Waals surface area (Å²) in [5.41, 5.74) is 3.03. The Morgan fingerprint density at radius 2 is 1.72 bits per heavy atom. The van der Waals surface area contributed by atoms with Crippen LogP contribution in [0.25, 0.3) is 22.2 Å². The largest absolute Gasteiger partial charge is 0.497 e. The molecule has 0 amide bonds. The van der Waals surface area contributed by atoms with Gasteiger partial charge in [0, 0.05) is 5.56 Å². The molecular weight excluding hydrogens is 472 g/mol. The molecule has 0 spiro atoms. The highest BCUT2D eigenvalue weighted by molar-refractivity contribution is 9.10. The summed E-state index contributed by atoms with van der Waals surface area (Å²) in [5.74, 6) is 1.82. The van der Waals surface area contributed by atoms with Crippen LogP contribution in [0.1, 0.15) is 12.5 Å². The lowest BCUT2D eigenvalue weighted by Gasteiger charge is -2.19. The van der Waals surface area contributed by atoms with E-state index >= 15 is 0 Å². The van der Waals surface area contributed by atoms with Crippen molar-refractivity contribution in [2.45, 2.75) is 13.5 Å². The highest BCUT2D eigenvalue weighted by Gasteiger charge is 2.23. The number of ether oxygens (including phenoxy) is 3. The Bertz CT molecular complexity index is 1300. The zero-order valence-corrected chi connectivity index (χ0v) is 19.7. The molecule has 0 aliphatic rings. The molecule has 2 aromatic carbocycles. The molecule has 0 bridgehead atoms. The van der Waals surface area contributed by atoms with Gasteiger partial charge in [0.05, 0.1) is 39.0 Å². The first-order valence-corrected chi connectivity index (χ1v) is 11.0. The second-order valence-electron chi connectivity index (χ2n) is 7.08. The summed E-state index contributed by atoms with van der Waals surface area (Å²) in [6.07, 6.45) is 1.65. The molecule has 0 saturated heterocycles. The van der Waals surface area contributed by atoms with Crippen LogP contribution in [-0.2, 0) is 6.54 Å². The van der Waals surface area contributed by atoms with Gasteiger partial charge in [-0.2, -0.15) is 0 Å². The smallest absolute Gasteiger partial charge is 0.270 e. The SMILES string of the molecule is CCOc1c(Br)c(=O)n(Cc2ccc(OC)cc2)c2ncc(OC)c(-c3ccccc3)c12. The Labute approximate surface area is 194 Å². The first kappa shape index (κ1) is 21.9. The van der Waals surface area contributed by atoms with E-state index in [0.717, 1.165) is 27.8 Å². The van der Waals surface area contributed by atoms with Crippen molar-refractivity contribution in [2.24, 2.45) is 0 Å². The molecule has 2 aromatic heterocycles. The van der Waals surface area contributed by atoms with Crippen molar-refractivity contribution in [1.29, 1.82) is 0 Å². The van der Waals surface area contributed by atoms with Gasteiger partial charge in [-0.15, -0.1) is 0 Å². The van der Waals surface area contributed by atoms with Gasteiger partial charge in [-0.1, -0.05) is 42.5 Å². The van der Waals surface area contributed by atoms with Crippen molar-refractivity contribution in [3.8, 4) is 28.4 Å². The van der Waals surface area contributed by atoms with E-state index in [1.807, 2.05) is 61.5 Å². The molecule has 164 valence electrons. The van der Waals surface area contributed by atoms with Gasteiger partial charge in [-0.05, 0) is 46.1 Å². The minimum absolute atomic E-state index is 0.214. The van der Waals surface area contributed by atoms with Gasteiger partial charge in [-0.3, -0.25) is 9.36 Å². The van der Waals surface area contributed by atoms with Gasteiger partial charge < -0.3 is 14.2 Å². The summed E-state index contributed by atoms with van der Waals surface area (Å²) in [6.45, 7) is 2.63. The van der Waals surface area contributed by atoms with Crippen LogP contribution >= 0.6 is 15.9 Å². The molecule has 0 saturated carbocycles. The molecule has 0 N–H and O–H groups in total. The highest BCUT2D eigenvalue weighted by Crippen LogP contribution is 2.42. The van der Waals surface area contributed by atoms with Crippen LogP contribution in [0.3, 0.4) is 0 Å². The Morgan fingerprint density at radius 3 is 2.34 bits per heavy atom. The molecule has 7 heteroatoms. The Hall–Kier alpha value is -3.32. The normalized spacial score (nSPS) is 10.9. The van der Waals surface area contributed by atoms with Crippen LogP contribution in [0.4, 0.5) is 0 Å². The molecule has 0 fully saturated rings. The number of benzene rings is 2. The van der Waals surface area contributed by atoms with E-state index in [1.54, 1.807) is 25.0 Å². The highest BCUT2D eigenvalue weighted by atomic mass is 79.9. The fourth-order valence-corrected chi connectivity index (χ4v) is 4.24. The zero-order valence-electron chi connectivity index (χ0n) is 18.1. The second-order valence-corrected chi connectivity index (χ2v) is 7.87.